The van der Waals surface area contributed by atoms with E-state index >= 15 is 0 Å². The number of hydrogen-bond acceptors (Lipinski definition) is 3. The van der Waals surface area contributed by atoms with Crippen LogP contribution in [0.25, 0.3) is 0 Å². The van der Waals surface area contributed by atoms with E-state index in [1.807, 2.05) is 4.90 Å². The molecule has 122 valence electrons. The summed E-state index contributed by atoms with van der Waals surface area (Å²) in [7, 11) is 0. The van der Waals surface area contributed by atoms with Gasteiger partial charge in [-0.05, 0) is 38.8 Å². The van der Waals surface area contributed by atoms with Crippen molar-refractivity contribution in [2.45, 2.75) is 52.4 Å². The lowest BCUT2D eigenvalue weighted by molar-refractivity contribution is -0.143. The summed E-state index contributed by atoms with van der Waals surface area (Å²) in [6.07, 6.45) is 5.62. The Hall–Kier alpha value is -1.10. The summed E-state index contributed by atoms with van der Waals surface area (Å²) < 4.78 is 0. The average molecular weight is 298 g/mol. The van der Waals surface area contributed by atoms with Crippen LogP contribution in [0.15, 0.2) is 0 Å². The van der Waals surface area contributed by atoms with Crippen LogP contribution in [0.4, 0.5) is 0 Å². The largest absolute Gasteiger partial charge is 0.481 e. The second-order valence-electron chi connectivity index (χ2n) is 5.98. The van der Waals surface area contributed by atoms with Gasteiger partial charge in [0.05, 0.1) is 12.5 Å². The highest BCUT2D eigenvalue weighted by Crippen LogP contribution is 2.17. The monoisotopic (exact) mass is 298 g/mol. The zero-order valence-corrected chi connectivity index (χ0v) is 13.5. The molecule has 0 unspecified atom stereocenters. The maximum absolute atomic E-state index is 12.4. The van der Waals surface area contributed by atoms with E-state index in [0.717, 1.165) is 51.9 Å². The summed E-state index contributed by atoms with van der Waals surface area (Å²) in [5.74, 6) is -0.730. The Bertz CT molecular complexity index is 317. The quantitative estimate of drug-likeness (QED) is 0.709. The summed E-state index contributed by atoms with van der Waals surface area (Å²) in [5, 5.41) is 9.00. The van der Waals surface area contributed by atoms with E-state index in [1.54, 1.807) is 0 Å². The predicted octanol–water partition coefficient (Wildman–Crippen LogP) is 2.21. The number of carboxylic acid groups (broad SMARTS) is 1. The molecule has 0 radical (unpaired) electrons. The maximum atomic E-state index is 12.4. The number of rotatable bonds is 9. The van der Waals surface area contributed by atoms with Gasteiger partial charge in [0.15, 0.2) is 0 Å². The molecule has 1 rings (SSSR count). The molecular formula is C16H30N2O3. The minimum atomic E-state index is -0.700. The highest BCUT2D eigenvalue weighted by Gasteiger charge is 2.26. The van der Waals surface area contributed by atoms with Crippen molar-refractivity contribution >= 4 is 11.9 Å². The number of piperidine rings is 1. The van der Waals surface area contributed by atoms with Gasteiger partial charge in [-0.3, -0.25) is 14.5 Å². The van der Waals surface area contributed by atoms with Gasteiger partial charge in [-0.1, -0.05) is 26.7 Å². The molecular weight excluding hydrogens is 268 g/mol. The molecule has 0 aliphatic carbocycles. The van der Waals surface area contributed by atoms with Crippen LogP contribution in [0.3, 0.4) is 0 Å². The second-order valence-corrected chi connectivity index (χ2v) is 5.98. The van der Waals surface area contributed by atoms with Crippen LogP contribution in [-0.4, -0.2) is 59.5 Å². The summed E-state index contributed by atoms with van der Waals surface area (Å²) in [4.78, 5) is 27.4. The van der Waals surface area contributed by atoms with Gasteiger partial charge in [-0.25, -0.2) is 0 Å². The fourth-order valence-corrected chi connectivity index (χ4v) is 2.69. The predicted molar refractivity (Wildman–Crippen MR) is 83.2 cm³/mol. The molecule has 0 aromatic rings. The molecule has 0 saturated carbocycles. The van der Waals surface area contributed by atoms with Gasteiger partial charge in [0.2, 0.25) is 5.91 Å². The maximum Gasteiger partial charge on any atom is 0.306 e. The molecule has 1 saturated heterocycles. The Morgan fingerprint density at radius 3 is 2.05 bits per heavy atom. The molecule has 0 spiro atoms. The Morgan fingerprint density at radius 1 is 1.10 bits per heavy atom. The van der Waals surface area contributed by atoms with Crippen molar-refractivity contribution in [1.29, 1.82) is 0 Å². The molecule has 0 aromatic carbocycles. The number of carbonyl (C=O) groups excluding carboxylic acids is 1. The number of hydrogen-bond donors (Lipinski definition) is 1. The first kappa shape index (κ1) is 18.0. The number of carbonyl (C=O) groups is 2. The molecule has 21 heavy (non-hydrogen) atoms. The van der Waals surface area contributed by atoms with Crippen molar-refractivity contribution in [3.63, 3.8) is 0 Å². The Labute approximate surface area is 128 Å². The van der Waals surface area contributed by atoms with Crippen LogP contribution in [0, 0.1) is 5.92 Å². The highest BCUT2D eigenvalue weighted by atomic mass is 16.4. The number of unbranched alkanes of at least 4 members (excludes halogenated alkanes) is 2. The standard InChI is InChI=1S/C16H30N2O3/c1-3-5-9-18(10-6-4-2)15(19)13-17-11-7-14(8-12-17)16(20)21/h14H,3-13H2,1-2H3,(H,20,21). The van der Waals surface area contributed by atoms with Crippen molar-refractivity contribution in [3.8, 4) is 0 Å². The van der Waals surface area contributed by atoms with E-state index < -0.39 is 5.97 Å². The van der Waals surface area contributed by atoms with Gasteiger partial charge < -0.3 is 10.0 Å². The third-order valence-corrected chi connectivity index (χ3v) is 4.21. The highest BCUT2D eigenvalue weighted by molar-refractivity contribution is 5.78. The number of aliphatic carboxylic acids is 1. The summed E-state index contributed by atoms with van der Waals surface area (Å²) in [6.45, 7) is 7.86. The van der Waals surface area contributed by atoms with Crippen LogP contribution in [0.1, 0.15) is 52.4 Å². The topological polar surface area (TPSA) is 60.9 Å². The SMILES string of the molecule is CCCCN(CCCC)C(=O)CN1CCC(C(=O)O)CC1. The van der Waals surface area contributed by atoms with Gasteiger partial charge in [-0.15, -0.1) is 0 Å². The van der Waals surface area contributed by atoms with Crippen molar-refractivity contribution in [3.05, 3.63) is 0 Å². The molecule has 5 nitrogen and oxygen atoms in total. The zero-order chi connectivity index (χ0) is 15.7. The first-order chi connectivity index (χ1) is 10.1. The Balaban J connectivity index is 2.40. The molecule has 0 atom stereocenters. The van der Waals surface area contributed by atoms with Crippen molar-refractivity contribution in [2.75, 3.05) is 32.7 Å². The van der Waals surface area contributed by atoms with E-state index in [1.165, 1.54) is 0 Å². The lowest BCUT2D eigenvalue weighted by atomic mass is 9.97. The zero-order valence-electron chi connectivity index (χ0n) is 13.5. The minimum Gasteiger partial charge on any atom is -0.481 e. The van der Waals surface area contributed by atoms with E-state index in [0.29, 0.717) is 19.4 Å². The van der Waals surface area contributed by atoms with E-state index in [-0.39, 0.29) is 11.8 Å². The fraction of sp³-hybridized carbons (Fsp3) is 0.875. The molecule has 5 heteroatoms. The van der Waals surface area contributed by atoms with Crippen LogP contribution in [0.5, 0.6) is 0 Å². The first-order valence-corrected chi connectivity index (χ1v) is 8.31. The van der Waals surface area contributed by atoms with E-state index in [9.17, 15) is 9.59 Å². The molecule has 0 bridgehead atoms. The number of likely N-dealkylation sites (tertiary alicyclic amines) is 1. The number of carboxylic acids is 1. The van der Waals surface area contributed by atoms with Crippen molar-refractivity contribution in [1.82, 2.24) is 9.80 Å². The van der Waals surface area contributed by atoms with Gasteiger partial charge in [0.25, 0.3) is 0 Å². The lowest BCUT2D eigenvalue weighted by Gasteiger charge is -2.31. The third kappa shape index (κ3) is 6.46. The summed E-state index contributed by atoms with van der Waals surface area (Å²) in [5.41, 5.74) is 0. The molecule has 1 heterocycles. The number of nitrogens with zero attached hydrogens (tertiary/aromatic N) is 2. The average Bonchev–Trinajstić information content (AvgIpc) is 2.47. The fourth-order valence-electron chi connectivity index (χ4n) is 2.69. The molecule has 1 aliphatic heterocycles. The smallest absolute Gasteiger partial charge is 0.306 e. The number of amides is 1. The van der Waals surface area contributed by atoms with Gasteiger partial charge >= 0.3 is 5.97 Å². The van der Waals surface area contributed by atoms with Crippen LogP contribution in [-0.2, 0) is 9.59 Å². The molecule has 1 amide bonds. The summed E-state index contributed by atoms with van der Waals surface area (Å²) >= 11 is 0. The first-order valence-electron chi connectivity index (χ1n) is 8.31. The summed E-state index contributed by atoms with van der Waals surface area (Å²) in [6, 6.07) is 0. The second kappa shape index (κ2) is 9.77. The van der Waals surface area contributed by atoms with E-state index in [2.05, 4.69) is 18.7 Å². The van der Waals surface area contributed by atoms with E-state index in [4.69, 9.17) is 5.11 Å². The van der Waals surface area contributed by atoms with Crippen molar-refractivity contribution in [2.24, 2.45) is 5.92 Å². The third-order valence-electron chi connectivity index (χ3n) is 4.21. The van der Waals surface area contributed by atoms with Crippen LogP contribution >= 0.6 is 0 Å². The minimum absolute atomic E-state index is 0.200. The molecule has 1 fully saturated rings. The molecule has 1 N–H and O–H groups in total. The van der Waals surface area contributed by atoms with Gasteiger partial charge in [0.1, 0.15) is 0 Å². The lowest BCUT2D eigenvalue weighted by Crippen LogP contribution is -2.44. The normalized spacial score (nSPS) is 16.9. The van der Waals surface area contributed by atoms with Gasteiger partial charge in [0, 0.05) is 13.1 Å². The molecule has 1 aliphatic rings. The van der Waals surface area contributed by atoms with Crippen molar-refractivity contribution < 1.29 is 14.7 Å². The molecule has 0 aromatic heterocycles. The van der Waals surface area contributed by atoms with Crippen LogP contribution < -0.4 is 0 Å². The van der Waals surface area contributed by atoms with Crippen LogP contribution in [0.2, 0.25) is 0 Å². The Morgan fingerprint density at radius 2 is 1.62 bits per heavy atom. The van der Waals surface area contributed by atoms with Gasteiger partial charge in [-0.2, -0.15) is 0 Å². The Kier molecular flexibility index (Phi) is 8.35.